The van der Waals surface area contributed by atoms with Crippen molar-refractivity contribution in [1.29, 1.82) is 0 Å². The zero-order chi connectivity index (χ0) is 17.1. The number of benzene rings is 3. The predicted octanol–water partition coefficient (Wildman–Crippen LogP) is 4.86. The summed E-state index contributed by atoms with van der Waals surface area (Å²) in [5, 5.41) is 3.54. The van der Waals surface area contributed by atoms with Gasteiger partial charge in [-0.1, -0.05) is 54.1 Å². The number of halogens is 1. The fourth-order valence-electron chi connectivity index (χ4n) is 3.67. The first-order valence-corrected chi connectivity index (χ1v) is 9.37. The molecular weight excluding hydrogens is 328 g/mol. The van der Waals surface area contributed by atoms with E-state index in [2.05, 4.69) is 64.4 Å². The third kappa shape index (κ3) is 3.81. The van der Waals surface area contributed by atoms with Crippen LogP contribution in [-0.4, -0.2) is 37.6 Å². The number of fused-ring (bicyclic) bond motifs is 1. The maximum Gasteiger partial charge on any atom is 0.0407 e. The molecule has 3 aromatic carbocycles. The molecule has 3 heteroatoms. The third-order valence-corrected chi connectivity index (χ3v) is 5.39. The number of hydrogen-bond acceptors (Lipinski definition) is 2. The summed E-state index contributed by atoms with van der Waals surface area (Å²) in [6.45, 7) is 5.53. The maximum absolute atomic E-state index is 5.99. The summed E-state index contributed by atoms with van der Waals surface area (Å²) in [5.41, 5.74) is 2.73. The molecule has 0 aromatic heterocycles. The molecule has 25 heavy (non-hydrogen) atoms. The molecule has 0 radical (unpaired) electrons. The minimum atomic E-state index is 0.803. The van der Waals surface area contributed by atoms with Crippen LogP contribution in [-0.2, 0) is 6.42 Å². The Morgan fingerprint density at radius 2 is 1.48 bits per heavy atom. The number of hydrogen-bond donors (Lipinski definition) is 0. The van der Waals surface area contributed by atoms with Crippen LogP contribution in [0, 0.1) is 0 Å². The van der Waals surface area contributed by atoms with Crippen LogP contribution in [0.25, 0.3) is 10.8 Å². The molecule has 1 heterocycles. The Bertz CT molecular complexity index is 831. The van der Waals surface area contributed by atoms with E-state index in [1.165, 1.54) is 22.0 Å². The lowest BCUT2D eigenvalue weighted by Crippen LogP contribution is -2.47. The second-order valence-electron chi connectivity index (χ2n) is 6.69. The van der Waals surface area contributed by atoms with Gasteiger partial charge in [-0.05, 0) is 47.0 Å². The first-order valence-electron chi connectivity index (χ1n) is 8.99. The Morgan fingerprint density at radius 3 is 2.28 bits per heavy atom. The molecule has 3 aromatic rings. The van der Waals surface area contributed by atoms with Gasteiger partial charge in [-0.3, -0.25) is 4.90 Å². The smallest absolute Gasteiger partial charge is 0.0407 e. The minimum absolute atomic E-state index is 0.803. The van der Waals surface area contributed by atoms with E-state index in [1.54, 1.807) is 0 Å². The topological polar surface area (TPSA) is 6.48 Å². The van der Waals surface area contributed by atoms with Crippen molar-refractivity contribution in [2.45, 2.75) is 6.42 Å². The van der Waals surface area contributed by atoms with E-state index < -0.39 is 0 Å². The zero-order valence-corrected chi connectivity index (χ0v) is 15.1. The summed E-state index contributed by atoms with van der Waals surface area (Å²) in [4.78, 5) is 5.03. The summed E-state index contributed by atoms with van der Waals surface area (Å²) >= 11 is 5.99. The van der Waals surface area contributed by atoms with Crippen LogP contribution in [0.3, 0.4) is 0 Å². The molecule has 0 amide bonds. The van der Waals surface area contributed by atoms with Crippen molar-refractivity contribution in [3.63, 3.8) is 0 Å². The van der Waals surface area contributed by atoms with Gasteiger partial charge in [-0.25, -0.2) is 0 Å². The minimum Gasteiger partial charge on any atom is -0.369 e. The van der Waals surface area contributed by atoms with Crippen LogP contribution in [0.4, 0.5) is 5.69 Å². The first-order chi connectivity index (χ1) is 12.3. The molecule has 1 saturated heterocycles. The van der Waals surface area contributed by atoms with Crippen LogP contribution in [0.5, 0.6) is 0 Å². The van der Waals surface area contributed by atoms with Crippen LogP contribution in [0.1, 0.15) is 5.56 Å². The monoisotopic (exact) mass is 350 g/mol. The van der Waals surface area contributed by atoms with Crippen molar-refractivity contribution < 1.29 is 0 Å². The van der Waals surface area contributed by atoms with E-state index in [1.807, 2.05) is 12.1 Å². The van der Waals surface area contributed by atoms with Gasteiger partial charge in [0, 0.05) is 43.4 Å². The van der Waals surface area contributed by atoms with E-state index in [9.17, 15) is 0 Å². The molecule has 2 nitrogen and oxygen atoms in total. The SMILES string of the molecule is Clc1ccc(N2CCN(CCc3cccc4ccccc34)CC2)cc1. The third-order valence-electron chi connectivity index (χ3n) is 5.14. The van der Waals surface area contributed by atoms with Gasteiger partial charge in [0.1, 0.15) is 0 Å². The van der Waals surface area contributed by atoms with Gasteiger partial charge in [0.15, 0.2) is 0 Å². The van der Waals surface area contributed by atoms with Crippen LogP contribution in [0.15, 0.2) is 66.7 Å². The maximum atomic E-state index is 5.99. The van der Waals surface area contributed by atoms with Crippen LogP contribution >= 0.6 is 11.6 Å². The van der Waals surface area contributed by atoms with Crippen molar-refractivity contribution in [3.8, 4) is 0 Å². The van der Waals surface area contributed by atoms with E-state index in [0.29, 0.717) is 0 Å². The highest BCUT2D eigenvalue weighted by Crippen LogP contribution is 2.21. The molecule has 128 valence electrons. The molecule has 1 aliphatic rings. The normalized spacial score (nSPS) is 15.6. The average Bonchev–Trinajstić information content (AvgIpc) is 2.67. The van der Waals surface area contributed by atoms with Crippen LogP contribution in [0.2, 0.25) is 5.02 Å². The Morgan fingerprint density at radius 1 is 0.760 bits per heavy atom. The van der Waals surface area contributed by atoms with Gasteiger partial charge in [0.25, 0.3) is 0 Å². The van der Waals surface area contributed by atoms with Crippen molar-refractivity contribution in [2.75, 3.05) is 37.6 Å². The highest BCUT2D eigenvalue weighted by Gasteiger charge is 2.17. The van der Waals surface area contributed by atoms with E-state index in [0.717, 1.165) is 44.2 Å². The molecule has 0 bridgehead atoms. The Kier molecular flexibility index (Phi) is 4.91. The fourth-order valence-corrected chi connectivity index (χ4v) is 3.80. The fraction of sp³-hybridized carbons (Fsp3) is 0.273. The number of nitrogens with zero attached hydrogens (tertiary/aromatic N) is 2. The van der Waals surface area contributed by atoms with Crippen molar-refractivity contribution in [3.05, 3.63) is 77.3 Å². The molecule has 0 aliphatic carbocycles. The van der Waals surface area contributed by atoms with Crippen molar-refractivity contribution in [1.82, 2.24) is 4.90 Å². The summed E-state index contributed by atoms with van der Waals surface area (Å²) in [6, 6.07) is 23.5. The molecule has 4 rings (SSSR count). The number of piperazine rings is 1. The Labute approximate surface area is 154 Å². The van der Waals surface area contributed by atoms with Gasteiger partial charge in [0.2, 0.25) is 0 Å². The van der Waals surface area contributed by atoms with Gasteiger partial charge in [0.05, 0.1) is 0 Å². The molecule has 0 spiro atoms. The molecule has 0 saturated carbocycles. The van der Waals surface area contributed by atoms with Gasteiger partial charge >= 0.3 is 0 Å². The molecule has 0 N–H and O–H groups in total. The Balaban J connectivity index is 1.35. The second kappa shape index (κ2) is 7.47. The highest BCUT2D eigenvalue weighted by atomic mass is 35.5. The largest absolute Gasteiger partial charge is 0.369 e. The van der Waals surface area contributed by atoms with E-state index in [4.69, 9.17) is 11.6 Å². The lowest BCUT2D eigenvalue weighted by Gasteiger charge is -2.36. The quantitative estimate of drug-likeness (QED) is 0.663. The zero-order valence-electron chi connectivity index (χ0n) is 14.4. The molecule has 0 atom stereocenters. The number of rotatable bonds is 4. The summed E-state index contributed by atoms with van der Waals surface area (Å²) < 4.78 is 0. The molecular formula is C22H23ClN2. The van der Waals surface area contributed by atoms with Gasteiger partial charge in [-0.15, -0.1) is 0 Å². The summed E-state index contributed by atoms with van der Waals surface area (Å²) in [6.07, 6.45) is 1.11. The highest BCUT2D eigenvalue weighted by molar-refractivity contribution is 6.30. The lowest BCUT2D eigenvalue weighted by atomic mass is 10.0. The van der Waals surface area contributed by atoms with E-state index in [-0.39, 0.29) is 0 Å². The van der Waals surface area contributed by atoms with Gasteiger partial charge in [-0.2, -0.15) is 0 Å². The summed E-state index contributed by atoms with van der Waals surface area (Å²) in [5.74, 6) is 0. The van der Waals surface area contributed by atoms with E-state index >= 15 is 0 Å². The first kappa shape index (κ1) is 16.4. The van der Waals surface area contributed by atoms with Gasteiger partial charge < -0.3 is 4.90 Å². The molecule has 1 fully saturated rings. The lowest BCUT2D eigenvalue weighted by molar-refractivity contribution is 0.261. The Hall–Kier alpha value is -2.03. The van der Waals surface area contributed by atoms with Crippen LogP contribution < -0.4 is 4.90 Å². The van der Waals surface area contributed by atoms with Crippen molar-refractivity contribution >= 4 is 28.1 Å². The molecule has 1 aliphatic heterocycles. The number of anilines is 1. The predicted molar refractivity (Wildman–Crippen MR) is 108 cm³/mol. The second-order valence-corrected chi connectivity index (χ2v) is 7.13. The summed E-state index contributed by atoms with van der Waals surface area (Å²) in [7, 11) is 0. The standard InChI is InChI=1S/C22H23ClN2/c23-20-8-10-21(11-9-20)25-16-14-24(15-17-25)13-12-19-6-3-5-18-4-1-2-7-22(18)19/h1-11H,12-17H2. The average molecular weight is 351 g/mol. The molecule has 0 unspecified atom stereocenters. The van der Waals surface area contributed by atoms with Crippen molar-refractivity contribution in [2.24, 2.45) is 0 Å².